The zero-order valence-corrected chi connectivity index (χ0v) is 16.0. The van der Waals surface area contributed by atoms with E-state index in [1.807, 2.05) is 25.1 Å². The van der Waals surface area contributed by atoms with E-state index in [-0.39, 0.29) is 11.7 Å². The van der Waals surface area contributed by atoms with Crippen LogP contribution < -0.4 is 4.90 Å². The predicted molar refractivity (Wildman–Crippen MR) is 108 cm³/mol. The fourth-order valence-corrected chi connectivity index (χ4v) is 3.90. The number of anilines is 1. The molecule has 1 amide bonds. The number of rotatable bonds is 4. The molecule has 0 N–H and O–H groups in total. The molecule has 2 aliphatic rings. The van der Waals surface area contributed by atoms with Crippen LogP contribution in [0.3, 0.4) is 0 Å². The van der Waals surface area contributed by atoms with Crippen LogP contribution in [0.2, 0.25) is 0 Å². The summed E-state index contributed by atoms with van der Waals surface area (Å²) in [5, 5.41) is 0. The van der Waals surface area contributed by atoms with Crippen LogP contribution in [0.4, 0.5) is 5.95 Å². The highest BCUT2D eigenvalue weighted by Crippen LogP contribution is 2.29. The molecular formula is C22H24N4O2. The summed E-state index contributed by atoms with van der Waals surface area (Å²) in [6.45, 7) is 4.66. The van der Waals surface area contributed by atoms with Crippen LogP contribution in [-0.4, -0.2) is 53.2 Å². The van der Waals surface area contributed by atoms with Crippen molar-refractivity contribution in [3.63, 3.8) is 0 Å². The van der Waals surface area contributed by atoms with E-state index in [4.69, 9.17) is 4.98 Å². The quantitative estimate of drug-likeness (QED) is 0.767. The largest absolute Gasteiger partial charge is 0.342 e. The fourth-order valence-electron chi connectivity index (χ4n) is 3.90. The smallest absolute Gasteiger partial charge is 0.225 e. The van der Waals surface area contributed by atoms with Crippen molar-refractivity contribution in [3.8, 4) is 0 Å². The van der Waals surface area contributed by atoms with Gasteiger partial charge in [0.2, 0.25) is 12.4 Å². The lowest BCUT2D eigenvalue weighted by molar-refractivity contribution is -0.118. The topological polar surface area (TPSA) is 66.4 Å². The Bertz CT molecular complexity index is 902. The molecule has 144 valence electrons. The molecule has 1 aliphatic carbocycles. The molecule has 28 heavy (non-hydrogen) atoms. The molecule has 1 atom stereocenters. The van der Waals surface area contributed by atoms with Crippen molar-refractivity contribution in [1.82, 2.24) is 14.9 Å². The number of fused-ring (bicyclic) bond motifs is 1. The van der Waals surface area contributed by atoms with Crippen molar-refractivity contribution in [2.75, 3.05) is 31.1 Å². The highest BCUT2D eigenvalue weighted by Gasteiger charge is 2.29. The van der Waals surface area contributed by atoms with Crippen LogP contribution in [0, 0.1) is 12.8 Å². The number of Topliss-reactive ketones (excluding diaryl/α,β-unsaturated/α-hetero) is 1. The molecule has 1 aliphatic heterocycles. The van der Waals surface area contributed by atoms with Crippen molar-refractivity contribution in [3.05, 3.63) is 58.9 Å². The minimum Gasteiger partial charge on any atom is -0.342 e. The van der Waals surface area contributed by atoms with Crippen molar-refractivity contribution in [2.24, 2.45) is 5.92 Å². The summed E-state index contributed by atoms with van der Waals surface area (Å²) < 4.78 is 0. The van der Waals surface area contributed by atoms with Gasteiger partial charge < -0.3 is 9.80 Å². The second kappa shape index (κ2) is 7.92. The predicted octanol–water partition coefficient (Wildman–Crippen LogP) is 2.52. The third-order valence-electron chi connectivity index (χ3n) is 5.44. The van der Waals surface area contributed by atoms with E-state index >= 15 is 0 Å². The lowest BCUT2D eigenvalue weighted by Crippen LogP contribution is -2.46. The summed E-state index contributed by atoms with van der Waals surface area (Å²) in [6.07, 6.45) is 6.33. The standard InChI is InChI=1S/C22H24N4O2/c1-16-21-19(24-22(23-16)26-11-9-25(15-27)10-12-26)13-18(14-20(21)28)8-7-17-5-3-2-4-6-17/h2-8,15,18H,9-14H2,1H3/b8-7+. The lowest BCUT2D eigenvalue weighted by atomic mass is 9.85. The molecule has 1 unspecified atom stereocenters. The van der Waals surface area contributed by atoms with Gasteiger partial charge in [-0.2, -0.15) is 0 Å². The molecule has 2 aromatic rings. The average Bonchev–Trinajstić information content (AvgIpc) is 2.72. The minimum atomic E-state index is 0.124. The number of allylic oxidation sites excluding steroid dienone is 1. The number of piperazine rings is 1. The Morgan fingerprint density at radius 3 is 2.50 bits per heavy atom. The van der Waals surface area contributed by atoms with Gasteiger partial charge in [-0.3, -0.25) is 9.59 Å². The Morgan fingerprint density at radius 2 is 1.79 bits per heavy atom. The lowest BCUT2D eigenvalue weighted by Gasteiger charge is -2.33. The van der Waals surface area contributed by atoms with Gasteiger partial charge in [0.15, 0.2) is 5.78 Å². The average molecular weight is 376 g/mol. The number of nitrogens with zero attached hydrogens (tertiary/aromatic N) is 4. The van der Waals surface area contributed by atoms with E-state index in [0.29, 0.717) is 44.1 Å². The summed E-state index contributed by atoms with van der Waals surface area (Å²) >= 11 is 0. The number of amides is 1. The van der Waals surface area contributed by atoms with Crippen LogP contribution in [-0.2, 0) is 11.2 Å². The number of hydrogen-bond acceptors (Lipinski definition) is 5. The molecule has 0 radical (unpaired) electrons. The van der Waals surface area contributed by atoms with Crippen molar-refractivity contribution >= 4 is 24.2 Å². The van der Waals surface area contributed by atoms with Gasteiger partial charge in [-0.1, -0.05) is 42.5 Å². The number of ketones is 1. The van der Waals surface area contributed by atoms with Crippen LogP contribution in [0.15, 0.2) is 36.4 Å². The SMILES string of the molecule is Cc1nc(N2CCN(C=O)CC2)nc2c1C(=O)CC(/C=C/c1ccccc1)C2. The van der Waals surface area contributed by atoms with E-state index in [2.05, 4.69) is 34.2 Å². The van der Waals surface area contributed by atoms with Gasteiger partial charge in [-0.15, -0.1) is 0 Å². The Balaban J connectivity index is 1.55. The molecular weight excluding hydrogens is 352 g/mol. The second-order valence-electron chi connectivity index (χ2n) is 7.42. The molecule has 6 nitrogen and oxygen atoms in total. The summed E-state index contributed by atoms with van der Waals surface area (Å²) in [6, 6.07) is 10.1. The highest BCUT2D eigenvalue weighted by atomic mass is 16.1. The van der Waals surface area contributed by atoms with Crippen LogP contribution in [0.5, 0.6) is 0 Å². The van der Waals surface area contributed by atoms with Gasteiger partial charge in [0.05, 0.1) is 17.0 Å². The number of aryl methyl sites for hydroxylation is 1. The first-order valence-electron chi connectivity index (χ1n) is 9.72. The molecule has 1 saturated heterocycles. The fraction of sp³-hybridized carbons (Fsp3) is 0.364. The molecule has 2 heterocycles. The van der Waals surface area contributed by atoms with Gasteiger partial charge in [0.25, 0.3) is 0 Å². The van der Waals surface area contributed by atoms with E-state index in [9.17, 15) is 9.59 Å². The zero-order valence-electron chi connectivity index (χ0n) is 16.0. The maximum absolute atomic E-state index is 12.7. The summed E-state index contributed by atoms with van der Waals surface area (Å²) in [4.78, 5) is 36.9. The summed E-state index contributed by atoms with van der Waals surface area (Å²) in [7, 11) is 0. The molecule has 0 bridgehead atoms. The van der Waals surface area contributed by atoms with E-state index < -0.39 is 0 Å². The Morgan fingerprint density at radius 1 is 1.04 bits per heavy atom. The van der Waals surface area contributed by atoms with Crippen molar-refractivity contribution in [1.29, 1.82) is 0 Å². The zero-order chi connectivity index (χ0) is 19.5. The van der Waals surface area contributed by atoms with E-state index in [1.54, 1.807) is 4.90 Å². The Labute approximate surface area is 164 Å². The number of hydrogen-bond donors (Lipinski definition) is 0. The van der Waals surface area contributed by atoms with Crippen molar-refractivity contribution < 1.29 is 9.59 Å². The molecule has 1 aromatic heterocycles. The van der Waals surface area contributed by atoms with Crippen LogP contribution >= 0.6 is 0 Å². The molecule has 4 rings (SSSR count). The van der Waals surface area contributed by atoms with Gasteiger partial charge >= 0.3 is 0 Å². The first kappa shape index (κ1) is 18.3. The van der Waals surface area contributed by atoms with Gasteiger partial charge in [0.1, 0.15) is 0 Å². The van der Waals surface area contributed by atoms with E-state index in [1.165, 1.54) is 0 Å². The highest BCUT2D eigenvalue weighted by molar-refractivity contribution is 5.99. The maximum atomic E-state index is 12.7. The normalized spacial score (nSPS) is 19.8. The summed E-state index contributed by atoms with van der Waals surface area (Å²) in [5.74, 6) is 0.940. The number of benzene rings is 1. The minimum absolute atomic E-state index is 0.124. The van der Waals surface area contributed by atoms with Crippen LogP contribution in [0.25, 0.3) is 6.08 Å². The monoisotopic (exact) mass is 376 g/mol. The number of carbonyl (C=O) groups is 2. The first-order valence-corrected chi connectivity index (χ1v) is 9.72. The van der Waals surface area contributed by atoms with Crippen molar-refractivity contribution in [2.45, 2.75) is 19.8 Å². The second-order valence-corrected chi connectivity index (χ2v) is 7.42. The molecule has 0 saturated carbocycles. The molecule has 0 spiro atoms. The maximum Gasteiger partial charge on any atom is 0.225 e. The Kier molecular flexibility index (Phi) is 5.19. The van der Waals surface area contributed by atoms with Gasteiger partial charge in [-0.25, -0.2) is 9.97 Å². The van der Waals surface area contributed by atoms with Gasteiger partial charge in [0, 0.05) is 32.6 Å². The third-order valence-corrected chi connectivity index (χ3v) is 5.44. The number of carbonyl (C=O) groups excluding carboxylic acids is 2. The van der Waals surface area contributed by atoms with E-state index in [0.717, 1.165) is 29.8 Å². The van der Waals surface area contributed by atoms with Crippen LogP contribution in [0.1, 0.15) is 33.7 Å². The molecule has 6 heteroatoms. The first-order chi connectivity index (χ1) is 13.6. The molecule has 1 aromatic carbocycles. The van der Waals surface area contributed by atoms with Gasteiger partial charge in [-0.05, 0) is 24.8 Å². The molecule has 1 fully saturated rings. The Hall–Kier alpha value is -3.02. The third kappa shape index (κ3) is 3.81. The summed E-state index contributed by atoms with van der Waals surface area (Å²) in [5.41, 5.74) is 3.43. The number of aromatic nitrogens is 2.